The minimum absolute atomic E-state index is 0.692. The summed E-state index contributed by atoms with van der Waals surface area (Å²) in [6.07, 6.45) is 10.6. The molecule has 0 aliphatic heterocycles. The molecule has 0 bridgehead atoms. The third kappa shape index (κ3) is 1.32. The quantitative estimate of drug-likeness (QED) is 0.496. The molecule has 0 atom stereocenters. The minimum Gasteiger partial charge on any atom is -0.0599 e. The molecule has 2 aliphatic carbocycles. The molecule has 2 saturated carbocycles. The largest absolute Gasteiger partial charge is 0.0599 e. The Balaban J connectivity index is 1.94. The smallest absolute Gasteiger partial charge is 0.0287 e. The molecule has 11 heavy (non-hydrogen) atoms. The van der Waals surface area contributed by atoms with Crippen molar-refractivity contribution in [3.05, 3.63) is 0 Å². The van der Waals surface area contributed by atoms with Gasteiger partial charge in [-0.3, -0.25) is 0 Å². The second-order valence-corrected chi connectivity index (χ2v) is 5.58. The van der Waals surface area contributed by atoms with Crippen LogP contribution in [-0.4, -0.2) is 0 Å². The maximum absolute atomic E-state index is 2.42. The van der Waals surface area contributed by atoms with E-state index in [-0.39, 0.29) is 0 Å². The van der Waals surface area contributed by atoms with Crippen LogP contribution in [0.25, 0.3) is 0 Å². The molecule has 0 saturated heterocycles. The van der Waals surface area contributed by atoms with E-state index in [9.17, 15) is 0 Å². The van der Waals surface area contributed by atoms with E-state index >= 15 is 0 Å². The van der Waals surface area contributed by atoms with E-state index in [4.69, 9.17) is 0 Å². The summed E-state index contributed by atoms with van der Waals surface area (Å²) in [5.41, 5.74) is 1.53. The highest BCUT2D eigenvalue weighted by Crippen LogP contribution is 2.60. The van der Waals surface area contributed by atoms with E-state index in [0.29, 0.717) is 5.41 Å². The Morgan fingerprint density at radius 2 is 1.36 bits per heavy atom. The molecule has 0 aromatic heterocycles. The fourth-order valence-corrected chi connectivity index (χ4v) is 3.63. The lowest BCUT2D eigenvalue weighted by atomic mass is 9.50. The predicted octanol–water partition coefficient (Wildman–Crippen LogP) is 3.76. The average molecular weight is 152 g/mol. The van der Waals surface area contributed by atoms with Gasteiger partial charge in [0.05, 0.1) is 0 Å². The lowest BCUT2D eigenvalue weighted by molar-refractivity contribution is -0.0419. The van der Waals surface area contributed by atoms with Crippen LogP contribution in [0.15, 0.2) is 0 Å². The summed E-state index contributed by atoms with van der Waals surface area (Å²) < 4.78 is 0. The molecule has 1 spiro atoms. The summed E-state index contributed by atoms with van der Waals surface area (Å²) >= 11 is 0. The van der Waals surface area contributed by atoms with E-state index in [1.165, 1.54) is 44.9 Å². The minimum atomic E-state index is 0.692. The van der Waals surface area contributed by atoms with E-state index in [1.807, 2.05) is 0 Å². The van der Waals surface area contributed by atoms with E-state index in [0.717, 1.165) is 5.41 Å². The van der Waals surface area contributed by atoms with Crippen molar-refractivity contribution < 1.29 is 0 Å². The molecular formula is C11H20. The average Bonchev–Trinajstić information content (AvgIpc) is 1.85. The van der Waals surface area contributed by atoms with Crippen molar-refractivity contribution >= 4 is 0 Å². The number of rotatable bonds is 0. The maximum atomic E-state index is 2.42. The third-order valence-corrected chi connectivity index (χ3v) is 3.62. The van der Waals surface area contributed by atoms with Crippen molar-refractivity contribution in [2.45, 2.75) is 58.8 Å². The first-order valence-electron chi connectivity index (χ1n) is 5.12. The van der Waals surface area contributed by atoms with Crippen LogP contribution in [0.2, 0.25) is 0 Å². The van der Waals surface area contributed by atoms with Gasteiger partial charge < -0.3 is 0 Å². The first kappa shape index (κ1) is 7.64. The van der Waals surface area contributed by atoms with Crippen LogP contribution in [0.3, 0.4) is 0 Å². The SMILES string of the molecule is CC1(C)CC2(CCCCC2)C1. The van der Waals surface area contributed by atoms with Gasteiger partial charge in [0.15, 0.2) is 0 Å². The first-order valence-corrected chi connectivity index (χ1v) is 5.12. The molecule has 2 fully saturated rings. The number of hydrogen-bond donors (Lipinski definition) is 0. The van der Waals surface area contributed by atoms with Gasteiger partial charge in [-0.25, -0.2) is 0 Å². The van der Waals surface area contributed by atoms with Crippen molar-refractivity contribution in [2.24, 2.45) is 10.8 Å². The molecule has 0 amide bonds. The van der Waals surface area contributed by atoms with E-state index in [1.54, 1.807) is 0 Å². The first-order chi connectivity index (χ1) is 5.12. The lowest BCUT2D eigenvalue weighted by Crippen LogP contribution is -2.44. The van der Waals surface area contributed by atoms with Gasteiger partial charge in [0.25, 0.3) is 0 Å². The summed E-state index contributed by atoms with van der Waals surface area (Å²) in [5.74, 6) is 0. The van der Waals surface area contributed by atoms with Gasteiger partial charge in [-0.1, -0.05) is 33.1 Å². The molecule has 2 aliphatic rings. The zero-order valence-electron chi connectivity index (χ0n) is 7.95. The molecule has 0 radical (unpaired) electrons. The molecule has 0 N–H and O–H groups in total. The van der Waals surface area contributed by atoms with Crippen molar-refractivity contribution in [2.75, 3.05) is 0 Å². The van der Waals surface area contributed by atoms with Gasteiger partial charge in [0, 0.05) is 0 Å². The Hall–Kier alpha value is 0. The molecule has 0 unspecified atom stereocenters. The van der Waals surface area contributed by atoms with Crippen LogP contribution >= 0.6 is 0 Å². The van der Waals surface area contributed by atoms with Crippen molar-refractivity contribution in [1.29, 1.82) is 0 Å². The fraction of sp³-hybridized carbons (Fsp3) is 1.00. The van der Waals surface area contributed by atoms with Gasteiger partial charge in [-0.05, 0) is 36.5 Å². The Morgan fingerprint density at radius 3 is 1.82 bits per heavy atom. The summed E-state index contributed by atoms with van der Waals surface area (Å²) in [6.45, 7) is 4.85. The van der Waals surface area contributed by atoms with Crippen LogP contribution in [0.4, 0.5) is 0 Å². The molecule has 2 rings (SSSR count). The molecule has 64 valence electrons. The Kier molecular flexibility index (Phi) is 1.56. The highest BCUT2D eigenvalue weighted by Gasteiger charge is 2.48. The Bertz CT molecular complexity index is 139. The van der Waals surface area contributed by atoms with Gasteiger partial charge >= 0.3 is 0 Å². The van der Waals surface area contributed by atoms with Gasteiger partial charge in [-0.2, -0.15) is 0 Å². The van der Waals surface area contributed by atoms with Crippen LogP contribution in [-0.2, 0) is 0 Å². The van der Waals surface area contributed by atoms with E-state index in [2.05, 4.69) is 13.8 Å². The second-order valence-electron chi connectivity index (χ2n) is 5.58. The third-order valence-electron chi connectivity index (χ3n) is 3.62. The van der Waals surface area contributed by atoms with Gasteiger partial charge in [-0.15, -0.1) is 0 Å². The Morgan fingerprint density at radius 1 is 0.818 bits per heavy atom. The molecule has 0 nitrogen and oxygen atoms in total. The lowest BCUT2D eigenvalue weighted by Gasteiger charge is -2.55. The molecular weight excluding hydrogens is 132 g/mol. The zero-order chi connectivity index (χ0) is 7.95. The topological polar surface area (TPSA) is 0 Å². The molecule has 0 heteroatoms. The monoisotopic (exact) mass is 152 g/mol. The number of hydrogen-bond acceptors (Lipinski definition) is 0. The summed E-state index contributed by atoms with van der Waals surface area (Å²) in [6, 6.07) is 0. The highest BCUT2D eigenvalue weighted by atomic mass is 14.5. The van der Waals surface area contributed by atoms with Gasteiger partial charge in [0.1, 0.15) is 0 Å². The summed E-state index contributed by atoms with van der Waals surface area (Å²) in [5, 5.41) is 0. The van der Waals surface area contributed by atoms with Crippen molar-refractivity contribution in [3.8, 4) is 0 Å². The predicted molar refractivity (Wildman–Crippen MR) is 48.5 cm³/mol. The van der Waals surface area contributed by atoms with Crippen LogP contribution < -0.4 is 0 Å². The highest BCUT2D eigenvalue weighted by molar-refractivity contribution is 4.99. The van der Waals surface area contributed by atoms with Crippen molar-refractivity contribution in [1.82, 2.24) is 0 Å². The van der Waals surface area contributed by atoms with Crippen LogP contribution in [0, 0.1) is 10.8 Å². The molecule has 0 aromatic rings. The van der Waals surface area contributed by atoms with Crippen LogP contribution in [0.1, 0.15) is 58.8 Å². The second kappa shape index (κ2) is 2.24. The zero-order valence-corrected chi connectivity index (χ0v) is 7.95. The molecule has 0 heterocycles. The van der Waals surface area contributed by atoms with Crippen LogP contribution in [0.5, 0.6) is 0 Å². The van der Waals surface area contributed by atoms with E-state index < -0.39 is 0 Å². The van der Waals surface area contributed by atoms with Gasteiger partial charge in [0.2, 0.25) is 0 Å². The maximum Gasteiger partial charge on any atom is -0.0287 e. The normalized spacial score (nSPS) is 33.3. The summed E-state index contributed by atoms with van der Waals surface area (Å²) in [7, 11) is 0. The molecule has 0 aromatic carbocycles. The Labute approximate surface area is 70.4 Å². The summed E-state index contributed by atoms with van der Waals surface area (Å²) in [4.78, 5) is 0. The van der Waals surface area contributed by atoms with Crippen molar-refractivity contribution in [3.63, 3.8) is 0 Å². The fourth-order valence-electron chi connectivity index (χ4n) is 3.63. The standard InChI is InChI=1S/C11H20/c1-10(2)8-11(9-10)6-4-3-5-7-11/h3-9H2,1-2H3.